The lowest BCUT2D eigenvalue weighted by molar-refractivity contribution is 0.438. The van der Waals surface area contributed by atoms with E-state index in [1.54, 1.807) is 0 Å². The van der Waals surface area contributed by atoms with E-state index in [2.05, 4.69) is 30.4 Å². The van der Waals surface area contributed by atoms with E-state index in [-0.39, 0.29) is 0 Å². The first-order valence-electron chi connectivity index (χ1n) is 8.16. The van der Waals surface area contributed by atoms with Gasteiger partial charge < -0.3 is 4.57 Å². The molecule has 0 N–H and O–H groups in total. The number of nitrogens with zero attached hydrogens (tertiary/aromatic N) is 4. The highest BCUT2D eigenvalue weighted by atomic mass is 35.5. The largest absolute Gasteiger partial charge is 0.310 e. The Kier molecular flexibility index (Phi) is 5.68. The molecule has 0 spiro atoms. The lowest BCUT2D eigenvalue weighted by atomic mass is 10.1. The van der Waals surface area contributed by atoms with Gasteiger partial charge in [0.1, 0.15) is 11.3 Å². The van der Waals surface area contributed by atoms with Gasteiger partial charge in [-0.1, -0.05) is 33.6 Å². The molecule has 1 atom stereocenters. The lowest BCUT2D eigenvalue weighted by Crippen LogP contribution is -2.14. The van der Waals surface area contributed by atoms with Crippen LogP contribution in [0.1, 0.15) is 64.0 Å². The van der Waals surface area contributed by atoms with E-state index in [1.165, 1.54) is 18.5 Å². The molecule has 0 aromatic carbocycles. The smallest absolute Gasteiger partial charge is 0.158 e. The van der Waals surface area contributed by atoms with Crippen molar-refractivity contribution >= 4 is 22.8 Å². The van der Waals surface area contributed by atoms with Gasteiger partial charge in [-0.15, -0.1) is 11.6 Å². The molecule has 0 fully saturated rings. The number of alkyl halides is 1. The maximum Gasteiger partial charge on any atom is 0.158 e. The molecule has 0 bridgehead atoms. The first kappa shape index (κ1) is 16.3. The van der Waals surface area contributed by atoms with Crippen molar-refractivity contribution in [3.05, 3.63) is 11.5 Å². The van der Waals surface area contributed by atoms with Gasteiger partial charge in [0.05, 0.1) is 5.69 Å². The zero-order valence-corrected chi connectivity index (χ0v) is 14.4. The summed E-state index contributed by atoms with van der Waals surface area (Å²) in [4.78, 5) is 4.89. The molecule has 0 amide bonds. The van der Waals surface area contributed by atoms with E-state index < -0.39 is 0 Å². The van der Waals surface area contributed by atoms with Crippen molar-refractivity contribution < 1.29 is 0 Å². The van der Waals surface area contributed by atoms with Gasteiger partial charge in [0.25, 0.3) is 0 Å². The first-order valence-corrected chi connectivity index (χ1v) is 8.69. The summed E-state index contributed by atoms with van der Waals surface area (Å²) in [5.41, 5.74) is 3.36. The van der Waals surface area contributed by atoms with Crippen LogP contribution in [-0.4, -0.2) is 25.2 Å². The fourth-order valence-corrected chi connectivity index (χ4v) is 3.32. The Morgan fingerprint density at radius 2 is 1.90 bits per heavy atom. The maximum absolute atomic E-state index is 5.99. The third kappa shape index (κ3) is 3.10. The summed E-state index contributed by atoms with van der Waals surface area (Å²) in [6.07, 6.45) is 6.36. The van der Waals surface area contributed by atoms with Gasteiger partial charge in [0, 0.05) is 25.4 Å². The fourth-order valence-electron chi connectivity index (χ4n) is 3.15. The average Bonchev–Trinajstić information content (AvgIpc) is 2.96. The number of hydrogen-bond acceptors (Lipinski definition) is 2. The Hall–Kier alpha value is -1.03. The molecule has 118 valence electrons. The summed E-state index contributed by atoms with van der Waals surface area (Å²) >= 11 is 5.99. The van der Waals surface area contributed by atoms with Crippen molar-refractivity contribution in [3.8, 4) is 0 Å². The number of imidazole rings is 1. The molecule has 0 aliphatic carbocycles. The number of hydrogen-bond donors (Lipinski definition) is 0. The maximum atomic E-state index is 5.99. The third-order valence-electron chi connectivity index (χ3n) is 4.07. The Bertz CT molecular complexity index is 585. The molecule has 21 heavy (non-hydrogen) atoms. The predicted molar refractivity (Wildman–Crippen MR) is 89.2 cm³/mol. The van der Waals surface area contributed by atoms with Crippen molar-refractivity contribution in [3.63, 3.8) is 0 Å². The van der Waals surface area contributed by atoms with Crippen molar-refractivity contribution in [2.75, 3.05) is 5.88 Å². The molecule has 1 unspecified atom stereocenters. The average molecular weight is 311 g/mol. The van der Waals surface area contributed by atoms with E-state index >= 15 is 0 Å². The van der Waals surface area contributed by atoms with Gasteiger partial charge >= 0.3 is 0 Å². The van der Waals surface area contributed by atoms with Crippen LogP contribution >= 0.6 is 11.6 Å². The second-order valence-corrected chi connectivity index (χ2v) is 6.06. The van der Waals surface area contributed by atoms with Gasteiger partial charge in [-0.25, -0.2) is 4.98 Å². The number of fused-ring (bicyclic) bond motifs is 1. The summed E-state index contributed by atoms with van der Waals surface area (Å²) in [7, 11) is 2.03. The minimum atomic E-state index is 0.489. The molecular weight excluding hydrogens is 284 g/mol. The Labute approximate surface area is 132 Å². The highest BCUT2D eigenvalue weighted by Gasteiger charge is 2.22. The minimum Gasteiger partial charge on any atom is -0.310 e. The molecule has 2 rings (SSSR count). The molecule has 0 saturated carbocycles. The Morgan fingerprint density at radius 3 is 2.48 bits per heavy atom. The van der Waals surface area contributed by atoms with Crippen LogP contribution in [0.2, 0.25) is 0 Å². The molecule has 0 saturated heterocycles. The van der Waals surface area contributed by atoms with Crippen LogP contribution < -0.4 is 0 Å². The zero-order chi connectivity index (χ0) is 15.4. The molecular formula is C16H27ClN4. The van der Waals surface area contributed by atoms with Crippen molar-refractivity contribution in [2.24, 2.45) is 7.05 Å². The van der Waals surface area contributed by atoms with Gasteiger partial charge in [-0.2, -0.15) is 5.10 Å². The van der Waals surface area contributed by atoms with E-state index in [0.29, 0.717) is 11.9 Å². The zero-order valence-electron chi connectivity index (χ0n) is 13.7. The molecule has 2 aromatic rings. The van der Waals surface area contributed by atoms with Gasteiger partial charge in [-0.3, -0.25) is 4.68 Å². The van der Waals surface area contributed by atoms with Gasteiger partial charge in [0.15, 0.2) is 5.65 Å². The molecule has 5 heteroatoms. The molecule has 2 heterocycles. The van der Waals surface area contributed by atoms with Crippen molar-refractivity contribution in [1.29, 1.82) is 0 Å². The SMILES string of the molecule is CCCc1nn(C)c2c1nc(CCCl)n2C(CC)CCC. The van der Waals surface area contributed by atoms with E-state index in [0.717, 1.165) is 42.7 Å². The Morgan fingerprint density at radius 1 is 1.14 bits per heavy atom. The van der Waals surface area contributed by atoms with Crippen LogP contribution in [0.25, 0.3) is 11.2 Å². The summed E-state index contributed by atoms with van der Waals surface area (Å²) < 4.78 is 4.40. The molecule has 0 aliphatic rings. The number of halogens is 1. The van der Waals surface area contributed by atoms with Crippen molar-refractivity contribution in [1.82, 2.24) is 19.3 Å². The highest BCUT2D eigenvalue weighted by Crippen LogP contribution is 2.28. The summed E-state index contributed by atoms with van der Waals surface area (Å²) in [6, 6.07) is 0.489. The number of aromatic nitrogens is 4. The highest BCUT2D eigenvalue weighted by molar-refractivity contribution is 6.17. The molecule has 2 aromatic heterocycles. The van der Waals surface area contributed by atoms with Crippen LogP contribution in [-0.2, 0) is 19.9 Å². The van der Waals surface area contributed by atoms with Crippen LogP contribution in [0, 0.1) is 0 Å². The quantitative estimate of drug-likeness (QED) is 0.683. The topological polar surface area (TPSA) is 35.6 Å². The Balaban J connectivity index is 2.60. The summed E-state index contributed by atoms with van der Waals surface area (Å²) in [6.45, 7) is 6.67. The molecule has 0 aliphatic heterocycles. The first-order chi connectivity index (χ1) is 10.2. The second kappa shape index (κ2) is 7.30. The van der Waals surface area contributed by atoms with Gasteiger partial charge in [-0.05, 0) is 19.3 Å². The van der Waals surface area contributed by atoms with Crippen LogP contribution in [0.4, 0.5) is 0 Å². The van der Waals surface area contributed by atoms with Crippen LogP contribution in [0.5, 0.6) is 0 Å². The van der Waals surface area contributed by atoms with Crippen molar-refractivity contribution in [2.45, 2.75) is 65.3 Å². The van der Waals surface area contributed by atoms with E-state index in [1.807, 2.05) is 11.7 Å². The molecule has 4 nitrogen and oxygen atoms in total. The molecule has 0 radical (unpaired) electrons. The second-order valence-electron chi connectivity index (χ2n) is 5.68. The standard InChI is InChI=1S/C16H27ClN4/c1-5-8-12(7-3)21-14(10-11-17)18-15-13(9-6-2)19-20(4)16(15)21/h12H,5-11H2,1-4H3. The predicted octanol–water partition coefficient (Wildman–Crippen LogP) is 4.25. The van der Waals surface area contributed by atoms with E-state index in [9.17, 15) is 0 Å². The monoisotopic (exact) mass is 310 g/mol. The minimum absolute atomic E-state index is 0.489. The van der Waals surface area contributed by atoms with Gasteiger partial charge in [0.2, 0.25) is 0 Å². The summed E-state index contributed by atoms with van der Waals surface area (Å²) in [5.74, 6) is 1.73. The fraction of sp³-hybridized carbons (Fsp3) is 0.750. The third-order valence-corrected chi connectivity index (χ3v) is 4.26. The van der Waals surface area contributed by atoms with Crippen LogP contribution in [0.3, 0.4) is 0 Å². The number of rotatable bonds is 8. The van der Waals surface area contributed by atoms with Crippen LogP contribution in [0.15, 0.2) is 0 Å². The van der Waals surface area contributed by atoms with E-state index in [4.69, 9.17) is 16.6 Å². The normalized spacial score (nSPS) is 13.2. The summed E-state index contributed by atoms with van der Waals surface area (Å²) in [5, 5.41) is 4.68. The number of aryl methyl sites for hydroxylation is 3. The lowest BCUT2D eigenvalue weighted by Gasteiger charge is -2.19.